The number of hydrogen-bond donors (Lipinski definition) is 1. The number of hydrogen-bond acceptors (Lipinski definition) is 5. The molecule has 3 aromatic rings. The van der Waals surface area contributed by atoms with Crippen LogP contribution < -0.4 is 5.32 Å². The number of benzene rings is 2. The summed E-state index contributed by atoms with van der Waals surface area (Å²) in [5, 5.41) is 12.9. The Morgan fingerprint density at radius 2 is 1.85 bits per heavy atom. The van der Waals surface area contributed by atoms with Gasteiger partial charge in [-0.1, -0.05) is 41.1 Å². The fourth-order valence-electron chi connectivity index (χ4n) is 3.95. The smallest absolute Gasteiger partial charge is 0.254 e. The predicted octanol–water partition coefficient (Wildman–Crippen LogP) is 4.97. The molecule has 33 heavy (non-hydrogen) atoms. The number of aromatic nitrogens is 3. The zero-order valence-corrected chi connectivity index (χ0v) is 20.2. The number of likely N-dealkylation sites (tertiary alicyclic amines) is 1. The number of amides is 2. The molecule has 0 radical (unpaired) electrons. The van der Waals surface area contributed by atoms with Crippen LogP contribution in [0.4, 0.5) is 5.69 Å². The maximum atomic E-state index is 13.1. The number of aryl methyl sites for hydroxylation is 1. The average Bonchev–Trinajstić information content (AvgIpc) is 3.45. The van der Waals surface area contributed by atoms with E-state index in [0.717, 1.165) is 29.9 Å². The standard InChI is InChI=1S/C24H26ClN5O2S/c1-3-29-22(20-5-4-14-30(20)23(32)17-8-10-18(25)11-9-17)27-28-24(29)33-15-21(31)26-19-12-6-16(2)7-13-19/h6-13,20H,3-5,14-15H2,1-2H3,(H,26,31). The van der Waals surface area contributed by atoms with Crippen LogP contribution >= 0.6 is 23.4 Å². The third kappa shape index (κ3) is 5.39. The van der Waals surface area contributed by atoms with E-state index >= 15 is 0 Å². The van der Waals surface area contributed by atoms with E-state index in [2.05, 4.69) is 15.5 Å². The van der Waals surface area contributed by atoms with Gasteiger partial charge in [0.15, 0.2) is 11.0 Å². The van der Waals surface area contributed by atoms with Gasteiger partial charge in [0.2, 0.25) is 5.91 Å². The normalized spacial score (nSPS) is 15.6. The van der Waals surface area contributed by atoms with Gasteiger partial charge in [0.25, 0.3) is 5.91 Å². The second-order valence-corrected chi connectivity index (χ2v) is 9.33. The van der Waals surface area contributed by atoms with Crippen LogP contribution in [0.1, 0.15) is 47.6 Å². The van der Waals surface area contributed by atoms with Crippen LogP contribution in [0.3, 0.4) is 0 Å². The Labute approximate surface area is 202 Å². The van der Waals surface area contributed by atoms with Gasteiger partial charge in [-0.25, -0.2) is 0 Å². The van der Waals surface area contributed by atoms with Crippen molar-refractivity contribution in [2.24, 2.45) is 0 Å². The van der Waals surface area contributed by atoms with Crippen LogP contribution in [0.2, 0.25) is 5.02 Å². The molecule has 172 valence electrons. The van der Waals surface area contributed by atoms with E-state index in [1.165, 1.54) is 11.8 Å². The minimum Gasteiger partial charge on any atom is -0.328 e. The fourth-order valence-corrected chi connectivity index (χ4v) is 4.89. The highest BCUT2D eigenvalue weighted by atomic mass is 35.5. The first kappa shape index (κ1) is 23.3. The maximum Gasteiger partial charge on any atom is 0.254 e. The van der Waals surface area contributed by atoms with Gasteiger partial charge in [0.05, 0.1) is 11.8 Å². The Morgan fingerprint density at radius 3 is 2.55 bits per heavy atom. The van der Waals surface area contributed by atoms with E-state index < -0.39 is 0 Å². The lowest BCUT2D eigenvalue weighted by Gasteiger charge is -2.24. The van der Waals surface area contributed by atoms with Gasteiger partial charge in [-0.05, 0) is 63.1 Å². The van der Waals surface area contributed by atoms with Crippen molar-refractivity contribution in [3.05, 3.63) is 70.5 Å². The van der Waals surface area contributed by atoms with E-state index in [1.54, 1.807) is 24.3 Å². The van der Waals surface area contributed by atoms with Crippen LogP contribution in [-0.4, -0.2) is 43.8 Å². The summed E-state index contributed by atoms with van der Waals surface area (Å²) >= 11 is 7.32. The summed E-state index contributed by atoms with van der Waals surface area (Å²) in [6.07, 6.45) is 1.73. The SMILES string of the molecule is CCn1c(SCC(=O)Nc2ccc(C)cc2)nnc1C1CCCN1C(=O)c1ccc(Cl)cc1. The molecule has 4 rings (SSSR count). The Bertz CT molecular complexity index is 1130. The third-order valence-corrected chi connectivity index (χ3v) is 6.85. The number of rotatable bonds is 7. The van der Waals surface area contributed by atoms with Crippen molar-refractivity contribution in [2.45, 2.75) is 44.4 Å². The first-order valence-electron chi connectivity index (χ1n) is 10.9. The Hall–Kier alpha value is -2.84. The molecule has 1 aliphatic rings. The molecular weight excluding hydrogens is 458 g/mol. The molecule has 1 unspecified atom stereocenters. The van der Waals surface area contributed by atoms with E-state index in [-0.39, 0.29) is 23.6 Å². The molecule has 0 bridgehead atoms. The molecule has 7 nitrogen and oxygen atoms in total. The zero-order chi connectivity index (χ0) is 23.4. The number of anilines is 1. The summed E-state index contributed by atoms with van der Waals surface area (Å²) < 4.78 is 2.00. The van der Waals surface area contributed by atoms with Gasteiger partial charge in [-0.2, -0.15) is 0 Å². The van der Waals surface area contributed by atoms with Gasteiger partial charge in [-0.15, -0.1) is 10.2 Å². The zero-order valence-electron chi connectivity index (χ0n) is 18.6. The molecule has 1 fully saturated rings. The van der Waals surface area contributed by atoms with Crippen LogP contribution in [-0.2, 0) is 11.3 Å². The number of carbonyl (C=O) groups is 2. The number of carbonyl (C=O) groups excluding carboxylic acids is 2. The van der Waals surface area contributed by atoms with Crippen LogP contribution in [0.15, 0.2) is 53.7 Å². The molecule has 1 saturated heterocycles. The molecule has 2 aromatic carbocycles. The number of nitrogens with one attached hydrogen (secondary N) is 1. The lowest BCUT2D eigenvalue weighted by molar-refractivity contribution is -0.113. The quantitative estimate of drug-likeness (QED) is 0.480. The van der Waals surface area contributed by atoms with Gasteiger partial charge >= 0.3 is 0 Å². The van der Waals surface area contributed by atoms with Gasteiger partial charge in [0.1, 0.15) is 0 Å². The summed E-state index contributed by atoms with van der Waals surface area (Å²) in [7, 11) is 0. The summed E-state index contributed by atoms with van der Waals surface area (Å²) in [4.78, 5) is 27.4. The molecule has 1 aliphatic heterocycles. The van der Waals surface area contributed by atoms with Crippen LogP contribution in [0.25, 0.3) is 0 Å². The number of thioether (sulfide) groups is 1. The summed E-state index contributed by atoms with van der Waals surface area (Å²) in [6.45, 7) is 5.35. The lowest BCUT2D eigenvalue weighted by Crippen LogP contribution is -2.32. The molecule has 9 heteroatoms. The lowest BCUT2D eigenvalue weighted by atomic mass is 10.1. The molecule has 0 aliphatic carbocycles. The number of halogens is 1. The van der Waals surface area contributed by atoms with E-state index in [4.69, 9.17) is 11.6 Å². The highest BCUT2D eigenvalue weighted by molar-refractivity contribution is 7.99. The van der Waals surface area contributed by atoms with Crippen molar-refractivity contribution in [3.8, 4) is 0 Å². The highest BCUT2D eigenvalue weighted by Gasteiger charge is 2.34. The van der Waals surface area contributed by atoms with Crippen LogP contribution in [0.5, 0.6) is 0 Å². The van der Waals surface area contributed by atoms with E-state index in [1.807, 2.05) is 47.6 Å². The monoisotopic (exact) mass is 483 g/mol. The Balaban J connectivity index is 1.45. The Morgan fingerprint density at radius 1 is 1.12 bits per heavy atom. The molecule has 0 saturated carbocycles. The third-order valence-electron chi connectivity index (χ3n) is 5.63. The first-order valence-corrected chi connectivity index (χ1v) is 12.3. The molecule has 2 heterocycles. The molecule has 1 atom stereocenters. The van der Waals surface area contributed by atoms with Crippen molar-refractivity contribution < 1.29 is 9.59 Å². The van der Waals surface area contributed by atoms with Crippen molar-refractivity contribution in [2.75, 3.05) is 17.6 Å². The molecule has 0 spiro atoms. The highest BCUT2D eigenvalue weighted by Crippen LogP contribution is 2.34. The summed E-state index contributed by atoms with van der Waals surface area (Å²) in [6, 6.07) is 14.5. The molecule has 1 N–H and O–H groups in total. The van der Waals surface area contributed by atoms with Crippen molar-refractivity contribution in [3.63, 3.8) is 0 Å². The van der Waals surface area contributed by atoms with Crippen molar-refractivity contribution >= 4 is 40.9 Å². The number of nitrogens with zero attached hydrogens (tertiary/aromatic N) is 4. The molecule has 2 amide bonds. The topological polar surface area (TPSA) is 80.1 Å². The van der Waals surface area contributed by atoms with Crippen molar-refractivity contribution in [1.29, 1.82) is 0 Å². The summed E-state index contributed by atoms with van der Waals surface area (Å²) in [5.41, 5.74) is 2.52. The van der Waals surface area contributed by atoms with Gasteiger partial charge < -0.3 is 14.8 Å². The Kier molecular flexibility index (Phi) is 7.35. The minimum absolute atomic E-state index is 0.0356. The van der Waals surface area contributed by atoms with Gasteiger partial charge in [0, 0.05) is 29.4 Å². The maximum absolute atomic E-state index is 13.1. The second-order valence-electron chi connectivity index (χ2n) is 7.95. The average molecular weight is 484 g/mol. The van der Waals surface area contributed by atoms with E-state index in [0.29, 0.717) is 28.8 Å². The van der Waals surface area contributed by atoms with Gasteiger partial charge in [-0.3, -0.25) is 9.59 Å². The van der Waals surface area contributed by atoms with Crippen LogP contribution in [0, 0.1) is 6.92 Å². The minimum atomic E-state index is -0.142. The molecule has 1 aromatic heterocycles. The first-order chi connectivity index (χ1) is 16.0. The second kappa shape index (κ2) is 10.4. The summed E-state index contributed by atoms with van der Waals surface area (Å²) in [5.74, 6) is 0.853. The predicted molar refractivity (Wildman–Crippen MR) is 131 cm³/mol. The van der Waals surface area contributed by atoms with E-state index in [9.17, 15) is 9.59 Å². The largest absolute Gasteiger partial charge is 0.328 e. The van der Waals surface area contributed by atoms with Crippen molar-refractivity contribution in [1.82, 2.24) is 19.7 Å². The molecular formula is C24H26ClN5O2S. The fraction of sp³-hybridized carbons (Fsp3) is 0.333.